The van der Waals surface area contributed by atoms with Crippen LogP contribution in [0, 0.1) is 12.8 Å². The van der Waals surface area contributed by atoms with E-state index in [1.54, 1.807) is 0 Å². The highest BCUT2D eigenvalue weighted by Crippen LogP contribution is 2.14. The summed E-state index contributed by atoms with van der Waals surface area (Å²) in [6.45, 7) is 7.10. The summed E-state index contributed by atoms with van der Waals surface area (Å²) in [5.74, 6) is 0.452. The molecule has 1 aromatic heterocycles. The van der Waals surface area contributed by atoms with Gasteiger partial charge in [-0.25, -0.2) is 0 Å². The first-order valence-electron chi connectivity index (χ1n) is 7.38. The first kappa shape index (κ1) is 14.8. The van der Waals surface area contributed by atoms with Crippen LogP contribution in [0.2, 0.25) is 0 Å². The fourth-order valence-electron chi connectivity index (χ4n) is 2.37. The van der Waals surface area contributed by atoms with E-state index in [9.17, 15) is 0 Å². The molecule has 0 bridgehead atoms. The summed E-state index contributed by atoms with van der Waals surface area (Å²) in [7, 11) is 0. The first-order valence-corrected chi connectivity index (χ1v) is 7.38. The maximum absolute atomic E-state index is 5.93. The Morgan fingerprint density at radius 3 is 2.35 bits per heavy atom. The van der Waals surface area contributed by atoms with Gasteiger partial charge in [0.2, 0.25) is 0 Å². The molecule has 3 heteroatoms. The van der Waals surface area contributed by atoms with Gasteiger partial charge in [0.15, 0.2) is 0 Å². The fraction of sp³-hybridized carbons (Fsp3) is 0.471. The highest BCUT2D eigenvalue weighted by atomic mass is 15.3. The van der Waals surface area contributed by atoms with Crippen LogP contribution in [0.15, 0.2) is 36.5 Å². The van der Waals surface area contributed by atoms with Crippen LogP contribution in [0.3, 0.4) is 0 Å². The standard InChI is InChI=1S/C17H25N3/c1-13(2)20-9-8-17(19-20)11-16(12-18)10-15-6-4-14(3)5-7-15/h4-9,13,16H,10-12,18H2,1-3H3. The van der Waals surface area contributed by atoms with Crippen molar-refractivity contribution in [3.8, 4) is 0 Å². The van der Waals surface area contributed by atoms with E-state index >= 15 is 0 Å². The number of hydrogen-bond donors (Lipinski definition) is 1. The molecule has 0 fully saturated rings. The molecule has 2 aromatic rings. The molecule has 3 nitrogen and oxygen atoms in total. The second-order valence-corrected chi connectivity index (χ2v) is 5.88. The largest absolute Gasteiger partial charge is 0.330 e. The third-order valence-electron chi connectivity index (χ3n) is 3.67. The minimum absolute atomic E-state index is 0.414. The van der Waals surface area contributed by atoms with Gasteiger partial charge in [-0.1, -0.05) is 29.8 Å². The lowest BCUT2D eigenvalue weighted by Crippen LogP contribution is -2.19. The fourth-order valence-corrected chi connectivity index (χ4v) is 2.37. The monoisotopic (exact) mass is 271 g/mol. The molecule has 0 saturated carbocycles. The molecule has 108 valence electrons. The molecule has 0 aliphatic rings. The second kappa shape index (κ2) is 6.71. The summed E-state index contributed by atoms with van der Waals surface area (Å²) in [5, 5.41) is 4.61. The van der Waals surface area contributed by atoms with Crippen molar-refractivity contribution in [3.63, 3.8) is 0 Å². The predicted molar refractivity (Wildman–Crippen MR) is 83.7 cm³/mol. The Morgan fingerprint density at radius 1 is 1.10 bits per heavy atom. The van der Waals surface area contributed by atoms with Gasteiger partial charge in [0.05, 0.1) is 5.69 Å². The highest BCUT2D eigenvalue weighted by Gasteiger charge is 2.11. The van der Waals surface area contributed by atoms with Gasteiger partial charge in [-0.3, -0.25) is 4.68 Å². The molecular formula is C17H25N3. The summed E-state index contributed by atoms with van der Waals surface area (Å²) < 4.78 is 2.01. The van der Waals surface area contributed by atoms with Crippen LogP contribution in [0.1, 0.15) is 36.7 Å². The minimum atomic E-state index is 0.414. The molecule has 1 unspecified atom stereocenters. The van der Waals surface area contributed by atoms with E-state index < -0.39 is 0 Å². The molecule has 20 heavy (non-hydrogen) atoms. The maximum Gasteiger partial charge on any atom is 0.0628 e. The molecule has 1 heterocycles. The van der Waals surface area contributed by atoms with E-state index in [4.69, 9.17) is 5.73 Å². The Bertz CT molecular complexity index is 525. The molecule has 2 rings (SSSR count). The lowest BCUT2D eigenvalue weighted by molar-refractivity contribution is 0.497. The van der Waals surface area contributed by atoms with E-state index in [1.165, 1.54) is 11.1 Å². The average Bonchev–Trinajstić information content (AvgIpc) is 2.89. The van der Waals surface area contributed by atoms with Crippen molar-refractivity contribution in [1.82, 2.24) is 9.78 Å². The van der Waals surface area contributed by atoms with E-state index in [0.717, 1.165) is 18.5 Å². The average molecular weight is 271 g/mol. The van der Waals surface area contributed by atoms with E-state index in [2.05, 4.69) is 62.4 Å². The lowest BCUT2D eigenvalue weighted by atomic mass is 9.94. The van der Waals surface area contributed by atoms with Crippen molar-refractivity contribution in [2.45, 2.75) is 39.7 Å². The summed E-state index contributed by atoms with van der Waals surface area (Å²) >= 11 is 0. The predicted octanol–water partition coefficient (Wildman–Crippen LogP) is 3.13. The van der Waals surface area contributed by atoms with Crippen LogP contribution in [-0.2, 0) is 12.8 Å². The number of benzene rings is 1. The van der Waals surface area contributed by atoms with Crippen molar-refractivity contribution < 1.29 is 0 Å². The molecule has 1 atom stereocenters. The van der Waals surface area contributed by atoms with Gasteiger partial charge in [0.25, 0.3) is 0 Å². The summed E-state index contributed by atoms with van der Waals surface area (Å²) in [4.78, 5) is 0. The third kappa shape index (κ3) is 3.94. The second-order valence-electron chi connectivity index (χ2n) is 5.88. The van der Waals surface area contributed by atoms with Crippen molar-refractivity contribution >= 4 is 0 Å². The summed E-state index contributed by atoms with van der Waals surface area (Å²) in [5.41, 5.74) is 9.73. The topological polar surface area (TPSA) is 43.8 Å². The summed E-state index contributed by atoms with van der Waals surface area (Å²) in [6.07, 6.45) is 4.02. The molecule has 0 spiro atoms. The number of nitrogens with two attached hydrogens (primary N) is 1. The number of aromatic nitrogens is 2. The minimum Gasteiger partial charge on any atom is -0.330 e. The van der Waals surface area contributed by atoms with Gasteiger partial charge in [0.1, 0.15) is 0 Å². The Labute approximate surface area is 121 Å². The SMILES string of the molecule is Cc1ccc(CC(CN)Cc2ccn(C(C)C)n2)cc1. The lowest BCUT2D eigenvalue weighted by Gasteiger charge is -2.14. The molecule has 0 radical (unpaired) electrons. The third-order valence-corrected chi connectivity index (χ3v) is 3.67. The zero-order valence-electron chi connectivity index (χ0n) is 12.7. The van der Waals surface area contributed by atoms with Gasteiger partial charge in [-0.2, -0.15) is 5.10 Å². The maximum atomic E-state index is 5.93. The summed E-state index contributed by atoms with van der Waals surface area (Å²) in [6, 6.07) is 11.2. The Hall–Kier alpha value is -1.61. The van der Waals surface area contributed by atoms with Gasteiger partial charge in [-0.05, 0) is 57.7 Å². The molecule has 1 aromatic carbocycles. The quantitative estimate of drug-likeness (QED) is 0.877. The number of rotatable bonds is 6. The van der Waals surface area contributed by atoms with Crippen LogP contribution in [0.5, 0.6) is 0 Å². The van der Waals surface area contributed by atoms with E-state index in [0.29, 0.717) is 18.5 Å². The molecule has 2 N–H and O–H groups in total. The van der Waals surface area contributed by atoms with Crippen LogP contribution >= 0.6 is 0 Å². The van der Waals surface area contributed by atoms with Crippen molar-refractivity contribution in [3.05, 3.63) is 53.3 Å². The normalized spacial score (nSPS) is 12.8. The van der Waals surface area contributed by atoms with E-state index in [-0.39, 0.29) is 0 Å². The van der Waals surface area contributed by atoms with Gasteiger partial charge >= 0.3 is 0 Å². The van der Waals surface area contributed by atoms with E-state index in [1.807, 2.05) is 4.68 Å². The Morgan fingerprint density at radius 2 is 1.80 bits per heavy atom. The van der Waals surface area contributed by atoms with Gasteiger partial charge in [-0.15, -0.1) is 0 Å². The van der Waals surface area contributed by atoms with Crippen molar-refractivity contribution in [2.24, 2.45) is 11.7 Å². The van der Waals surface area contributed by atoms with Gasteiger partial charge < -0.3 is 5.73 Å². The van der Waals surface area contributed by atoms with Crippen LogP contribution in [-0.4, -0.2) is 16.3 Å². The Kier molecular flexibility index (Phi) is 4.96. The van der Waals surface area contributed by atoms with Crippen LogP contribution in [0.4, 0.5) is 0 Å². The molecular weight excluding hydrogens is 246 g/mol. The zero-order chi connectivity index (χ0) is 14.5. The number of hydrogen-bond acceptors (Lipinski definition) is 2. The zero-order valence-corrected chi connectivity index (χ0v) is 12.7. The van der Waals surface area contributed by atoms with Crippen molar-refractivity contribution in [2.75, 3.05) is 6.54 Å². The highest BCUT2D eigenvalue weighted by molar-refractivity contribution is 5.22. The Balaban J connectivity index is 1.99. The van der Waals surface area contributed by atoms with Crippen LogP contribution < -0.4 is 5.73 Å². The van der Waals surface area contributed by atoms with Crippen molar-refractivity contribution in [1.29, 1.82) is 0 Å². The smallest absolute Gasteiger partial charge is 0.0628 e. The first-order chi connectivity index (χ1) is 9.58. The van der Waals surface area contributed by atoms with Crippen LogP contribution in [0.25, 0.3) is 0 Å². The number of nitrogens with zero attached hydrogens (tertiary/aromatic N) is 2. The molecule has 0 aliphatic carbocycles. The number of aryl methyl sites for hydroxylation is 1. The van der Waals surface area contributed by atoms with Gasteiger partial charge in [0, 0.05) is 12.2 Å². The molecule has 0 amide bonds. The molecule has 0 saturated heterocycles. The molecule has 0 aliphatic heterocycles.